The van der Waals surface area contributed by atoms with Gasteiger partial charge < -0.3 is 10.3 Å². The van der Waals surface area contributed by atoms with Crippen molar-refractivity contribution in [3.8, 4) is 6.07 Å². The van der Waals surface area contributed by atoms with Gasteiger partial charge in [0.2, 0.25) is 0 Å². The molecule has 23 heavy (non-hydrogen) atoms. The average molecular weight is 321 g/mol. The highest BCUT2D eigenvalue weighted by atomic mass is 32.2. The first kappa shape index (κ1) is 14.8. The Kier molecular flexibility index (Phi) is 4.36. The highest BCUT2D eigenvalue weighted by Crippen LogP contribution is 2.25. The van der Waals surface area contributed by atoms with Crippen molar-refractivity contribution in [2.75, 3.05) is 5.32 Å². The first-order valence-corrected chi connectivity index (χ1v) is 7.51. The second kappa shape index (κ2) is 6.77. The lowest BCUT2D eigenvalue weighted by atomic mass is 10.3. The summed E-state index contributed by atoms with van der Waals surface area (Å²) < 4.78 is 0. The highest BCUT2D eigenvalue weighted by Gasteiger charge is 2.09. The number of anilines is 1. The predicted molar refractivity (Wildman–Crippen MR) is 86.1 cm³/mol. The number of pyridine rings is 2. The third-order valence-corrected chi connectivity index (χ3v) is 3.79. The minimum Gasteiger partial charge on any atom is -0.352 e. The third kappa shape index (κ3) is 3.75. The van der Waals surface area contributed by atoms with Gasteiger partial charge in [-0.3, -0.25) is 4.79 Å². The number of hydrogen-bond acceptors (Lipinski definition) is 5. The molecule has 0 spiro atoms. The standard InChI is InChI=1S/C16H11N5OS/c17-9-13-7-11(10-20-13)16(22)21-12-4-6-19-15(8-12)23-14-3-1-2-5-18-14/h1-8,10,20H,(H,19,21,22). The van der Waals surface area contributed by atoms with Crippen LogP contribution >= 0.6 is 11.8 Å². The summed E-state index contributed by atoms with van der Waals surface area (Å²) in [7, 11) is 0. The van der Waals surface area contributed by atoms with Gasteiger partial charge in [0.1, 0.15) is 21.8 Å². The summed E-state index contributed by atoms with van der Waals surface area (Å²) in [5, 5.41) is 13.1. The maximum Gasteiger partial charge on any atom is 0.257 e. The van der Waals surface area contributed by atoms with Crippen LogP contribution in [-0.2, 0) is 0 Å². The minimum atomic E-state index is -0.289. The maximum absolute atomic E-state index is 12.1. The van der Waals surface area contributed by atoms with Gasteiger partial charge in [0, 0.05) is 24.3 Å². The monoisotopic (exact) mass is 321 g/mol. The van der Waals surface area contributed by atoms with Crippen LogP contribution in [0, 0.1) is 11.3 Å². The summed E-state index contributed by atoms with van der Waals surface area (Å²) in [6.07, 6.45) is 4.84. The van der Waals surface area contributed by atoms with Crippen molar-refractivity contribution in [1.29, 1.82) is 5.26 Å². The lowest BCUT2D eigenvalue weighted by Gasteiger charge is -2.05. The molecule has 0 atom stereocenters. The Labute approximate surface area is 136 Å². The van der Waals surface area contributed by atoms with Gasteiger partial charge in [-0.05, 0) is 30.3 Å². The number of rotatable bonds is 4. The summed E-state index contributed by atoms with van der Waals surface area (Å²) >= 11 is 1.41. The molecule has 7 heteroatoms. The zero-order chi connectivity index (χ0) is 16.1. The summed E-state index contributed by atoms with van der Waals surface area (Å²) in [5.74, 6) is -0.289. The Hall–Kier alpha value is -3.11. The second-order valence-electron chi connectivity index (χ2n) is 4.52. The van der Waals surface area contributed by atoms with Crippen LogP contribution in [0.2, 0.25) is 0 Å². The molecule has 0 aliphatic carbocycles. The van der Waals surface area contributed by atoms with E-state index in [9.17, 15) is 4.79 Å². The summed E-state index contributed by atoms with van der Waals surface area (Å²) in [5.41, 5.74) is 1.37. The van der Waals surface area contributed by atoms with Crippen molar-refractivity contribution in [2.45, 2.75) is 10.1 Å². The number of nitrogens with zero attached hydrogens (tertiary/aromatic N) is 3. The molecule has 3 heterocycles. The quantitative estimate of drug-likeness (QED) is 0.770. The number of aromatic nitrogens is 3. The molecule has 112 valence electrons. The molecule has 0 fully saturated rings. The number of aromatic amines is 1. The number of amides is 1. The zero-order valence-electron chi connectivity index (χ0n) is 11.9. The summed E-state index contributed by atoms with van der Waals surface area (Å²) in [6, 6.07) is 12.6. The molecular weight excluding hydrogens is 310 g/mol. The molecule has 0 unspecified atom stereocenters. The third-order valence-electron chi connectivity index (χ3n) is 2.91. The first-order valence-electron chi connectivity index (χ1n) is 6.69. The van der Waals surface area contributed by atoms with Gasteiger partial charge in [-0.2, -0.15) is 5.26 Å². The van der Waals surface area contributed by atoms with Gasteiger partial charge in [-0.15, -0.1) is 0 Å². The molecule has 2 N–H and O–H groups in total. The fraction of sp³-hybridized carbons (Fsp3) is 0. The Morgan fingerprint density at radius 2 is 2.04 bits per heavy atom. The van der Waals surface area contributed by atoms with Crippen molar-refractivity contribution in [3.63, 3.8) is 0 Å². The van der Waals surface area contributed by atoms with Crippen molar-refractivity contribution < 1.29 is 4.79 Å². The largest absolute Gasteiger partial charge is 0.352 e. The van der Waals surface area contributed by atoms with Crippen LogP contribution < -0.4 is 5.32 Å². The molecule has 1 amide bonds. The van der Waals surface area contributed by atoms with E-state index in [4.69, 9.17) is 5.26 Å². The molecule has 3 aromatic rings. The molecule has 0 aliphatic rings. The molecule has 0 saturated carbocycles. The van der Waals surface area contributed by atoms with Gasteiger partial charge in [-0.1, -0.05) is 17.8 Å². The average Bonchev–Trinajstić information content (AvgIpc) is 3.05. The fourth-order valence-electron chi connectivity index (χ4n) is 1.85. The lowest BCUT2D eigenvalue weighted by Crippen LogP contribution is -2.11. The van der Waals surface area contributed by atoms with Crippen molar-refractivity contribution in [3.05, 3.63) is 66.2 Å². The number of nitriles is 1. The van der Waals surface area contributed by atoms with Crippen LogP contribution in [0.5, 0.6) is 0 Å². The van der Waals surface area contributed by atoms with Gasteiger partial charge in [0.15, 0.2) is 0 Å². The van der Waals surface area contributed by atoms with E-state index >= 15 is 0 Å². The smallest absolute Gasteiger partial charge is 0.257 e. The zero-order valence-corrected chi connectivity index (χ0v) is 12.7. The number of H-pyrrole nitrogens is 1. The van der Waals surface area contributed by atoms with Crippen LogP contribution in [0.25, 0.3) is 0 Å². The van der Waals surface area contributed by atoms with Crippen molar-refractivity contribution in [1.82, 2.24) is 15.0 Å². The SMILES string of the molecule is N#Cc1cc(C(=O)Nc2ccnc(Sc3ccccn3)c2)c[nH]1. The van der Waals surface area contributed by atoms with E-state index in [0.717, 1.165) is 10.1 Å². The summed E-state index contributed by atoms with van der Waals surface area (Å²) in [6.45, 7) is 0. The van der Waals surface area contributed by atoms with Crippen molar-refractivity contribution >= 4 is 23.4 Å². The van der Waals surface area contributed by atoms with Gasteiger partial charge >= 0.3 is 0 Å². The van der Waals surface area contributed by atoms with E-state index in [1.807, 2.05) is 24.3 Å². The molecule has 0 bridgehead atoms. The first-order chi connectivity index (χ1) is 11.2. The number of nitrogens with one attached hydrogen (secondary N) is 2. The Morgan fingerprint density at radius 3 is 2.78 bits per heavy atom. The fourth-order valence-corrected chi connectivity index (χ4v) is 2.62. The van der Waals surface area contributed by atoms with Crippen LogP contribution in [0.4, 0.5) is 5.69 Å². The topological polar surface area (TPSA) is 94.5 Å². The Morgan fingerprint density at radius 1 is 1.17 bits per heavy atom. The number of carbonyl (C=O) groups is 1. The van der Waals surface area contributed by atoms with Crippen LogP contribution in [0.1, 0.15) is 16.1 Å². The second-order valence-corrected chi connectivity index (χ2v) is 5.56. The van der Waals surface area contributed by atoms with E-state index < -0.39 is 0 Å². The Bertz CT molecular complexity index is 869. The molecule has 0 aromatic carbocycles. The Balaban J connectivity index is 1.72. The molecule has 3 aromatic heterocycles. The van der Waals surface area contributed by atoms with E-state index in [0.29, 0.717) is 16.9 Å². The molecule has 0 aliphatic heterocycles. The molecule has 0 radical (unpaired) electrons. The van der Waals surface area contributed by atoms with E-state index in [1.54, 1.807) is 24.5 Å². The van der Waals surface area contributed by atoms with Crippen molar-refractivity contribution in [2.24, 2.45) is 0 Å². The molecule has 6 nitrogen and oxygen atoms in total. The number of hydrogen-bond donors (Lipinski definition) is 2. The van der Waals surface area contributed by atoms with E-state index in [-0.39, 0.29) is 5.91 Å². The molecular formula is C16H11N5OS. The highest BCUT2D eigenvalue weighted by molar-refractivity contribution is 7.99. The van der Waals surface area contributed by atoms with Crippen LogP contribution in [-0.4, -0.2) is 20.9 Å². The summed E-state index contributed by atoms with van der Waals surface area (Å²) in [4.78, 5) is 23.3. The normalized spacial score (nSPS) is 10.0. The van der Waals surface area contributed by atoms with Gasteiger partial charge in [0.25, 0.3) is 5.91 Å². The maximum atomic E-state index is 12.1. The van der Waals surface area contributed by atoms with E-state index in [1.165, 1.54) is 24.0 Å². The van der Waals surface area contributed by atoms with Gasteiger partial charge in [-0.25, -0.2) is 9.97 Å². The molecule has 3 rings (SSSR count). The van der Waals surface area contributed by atoms with Gasteiger partial charge in [0.05, 0.1) is 5.56 Å². The minimum absolute atomic E-state index is 0.289. The predicted octanol–water partition coefficient (Wildman–Crippen LogP) is 3.08. The molecule has 0 saturated heterocycles. The van der Waals surface area contributed by atoms with Crippen LogP contribution in [0.15, 0.2) is 65.0 Å². The van der Waals surface area contributed by atoms with E-state index in [2.05, 4.69) is 20.3 Å². The van der Waals surface area contributed by atoms with Crippen LogP contribution in [0.3, 0.4) is 0 Å². The number of carbonyl (C=O) groups excluding carboxylic acids is 1. The lowest BCUT2D eigenvalue weighted by molar-refractivity contribution is 0.102.